The van der Waals surface area contributed by atoms with Crippen LogP contribution in [0.4, 0.5) is 0 Å². The molecule has 0 atom stereocenters. The Balaban J connectivity index is 1.72. The Bertz CT molecular complexity index is 995. The second kappa shape index (κ2) is 10.4. The van der Waals surface area contributed by atoms with Gasteiger partial charge in [-0.1, -0.05) is 91.0 Å². The fraction of sp³-hybridized carbons (Fsp3) is 0.0400. The second-order valence-corrected chi connectivity index (χ2v) is 6.37. The van der Waals surface area contributed by atoms with Gasteiger partial charge in [0.25, 0.3) is 5.91 Å². The summed E-state index contributed by atoms with van der Waals surface area (Å²) in [7, 11) is 0. The van der Waals surface area contributed by atoms with Crippen LogP contribution in [0.1, 0.15) is 16.7 Å². The van der Waals surface area contributed by atoms with Crippen molar-refractivity contribution in [2.45, 2.75) is 6.54 Å². The van der Waals surface area contributed by atoms with Crippen molar-refractivity contribution in [1.29, 1.82) is 0 Å². The highest BCUT2D eigenvalue weighted by molar-refractivity contribution is 6.04. The van der Waals surface area contributed by atoms with Crippen LogP contribution in [0.15, 0.2) is 103 Å². The van der Waals surface area contributed by atoms with Crippen molar-refractivity contribution in [3.8, 4) is 0 Å². The van der Waals surface area contributed by atoms with Crippen LogP contribution in [0.5, 0.6) is 0 Å². The van der Waals surface area contributed by atoms with E-state index >= 15 is 0 Å². The van der Waals surface area contributed by atoms with E-state index in [-0.39, 0.29) is 17.5 Å². The maximum atomic E-state index is 12.7. The third kappa shape index (κ3) is 6.63. The molecule has 0 radical (unpaired) electrons. The van der Waals surface area contributed by atoms with E-state index in [0.29, 0.717) is 6.54 Å². The van der Waals surface area contributed by atoms with E-state index in [9.17, 15) is 9.59 Å². The number of amides is 2. The normalized spacial score (nSPS) is 11.2. The van der Waals surface area contributed by atoms with E-state index < -0.39 is 0 Å². The molecule has 144 valence electrons. The van der Waals surface area contributed by atoms with Gasteiger partial charge in [-0.25, -0.2) is 0 Å². The lowest BCUT2D eigenvalue weighted by Crippen LogP contribution is -2.33. The van der Waals surface area contributed by atoms with E-state index in [1.165, 1.54) is 6.08 Å². The lowest BCUT2D eigenvalue weighted by atomic mass is 10.1. The minimum Gasteiger partial charge on any atom is -0.347 e. The van der Waals surface area contributed by atoms with E-state index in [1.54, 1.807) is 12.2 Å². The first-order chi connectivity index (χ1) is 14.2. The predicted molar refractivity (Wildman–Crippen MR) is 116 cm³/mol. The van der Waals surface area contributed by atoms with Crippen LogP contribution in [0, 0.1) is 0 Å². The maximum Gasteiger partial charge on any atom is 0.268 e. The Hall–Kier alpha value is -3.92. The van der Waals surface area contributed by atoms with Crippen molar-refractivity contribution < 1.29 is 9.59 Å². The summed E-state index contributed by atoms with van der Waals surface area (Å²) in [5.74, 6) is -0.718. The Morgan fingerprint density at radius 2 is 1.28 bits per heavy atom. The minimum absolute atomic E-state index is 0.190. The van der Waals surface area contributed by atoms with Gasteiger partial charge in [0.1, 0.15) is 5.70 Å². The van der Waals surface area contributed by atoms with Crippen molar-refractivity contribution in [2.75, 3.05) is 0 Å². The second-order valence-electron chi connectivity index (χ2n) is 6.37. The molecule has 29 heavy (non-hydrogen) atoms. The summed E-state index contributed by atoms with van der Waals surface area (Å²) in [6.45, 7) is 0.377. The molecule has 2 amide bonds. The summed E-state index contributed by atoms with van der Waals surface area (Å²) in [4.78, 5) is 25.1. The Morgan fingerprint density at radius 1 is 0.724 bits per heavy atom. The lowest BCUT2D eigenvalue weighted by molar-refractivity contribution is -0.121. The van der Waals surface area contributed by atoms with Gasteiger partial charge >= 0.3 is 0 Å². The molecule has 0 saturated carbocycles. The summed E-state index contributed by atoms with van der Waals surface area (Å²) in [6, 6.07) is 28.5. The molecule has 0 aliphatic heterocycles. The van der Waals surface area contributed by atoms with Gasteiger partial charge in [-0.3, -0.25) is 9.59 Å². The van der Waals surface area contributed by atoms with Crippen LogP contribution < -0.4 is 10.6 Å². The van der Waals surface area contributed by atoms with Crippen LogP contribution in [0.25, 0.3) is 12.2 Å². The van der Waals surface area contributed by atoms with Gasteiger partial charge in [0.05, 0.1) is 0 Å². The molecule has 0 unspecified atom stereocenters. The van der Waals surface area contributed by atoms with Crippen molar-refractivity contribution in [3.63, 3.8) is 0 Å². The monoisotopic (exact) mass is 382 g/mol. The van der Waals surface area contributed by atoms with Gasteiger partial charge in [-0.05, 0) is 28.8 Å². The topological polar surface area (TPSA) is 58.2 Å². The molecule has 3 rings (SSSR count). The van der Waals surface area contributed by atoms with Gasteiger partial charge < -0.3 is 10.6 Å². The highest BCUT2D eigenvalue weighted by Crippen LogP contribution is 2.07. The molecular weight excluding hydrogens is 360 g/mol. The number of benzene rings is 3. The molecule has 2 N–H and O–H groups in total. The molecule has 0 saturated heterocycles. The molecule has 0 aliphatic rings. The van der Waals surface area contributed by atoms with Crippen LogP contribution in [-0.4, -0.2) is 11.8 Å². The van der Waals surface area contributed by atoms with Gasteiger partial charge in [0.2, 0.25) is 5.91 Å². The quantitative estimate of drug-likeness (QED) is 0.603. The van der Waals surface area contributed by atoms with Crippen molar-refractivity contribution >= 4 is 24.0 Å². The molecule has 4 heteroatoms. The first-order valence-electron chi connectivity index (χ1n) is 9.34. The molecule has 0 spiro atoms. The predicted octanol–water partition coefficient (Wildman–Crippen LogP) is 4.17. The van der Waals surface area contributed by atoms with Gasteiger partial charge in [0.15, 0.2) is 0 Å². The molecule has 0 fully saturated rings. The summed E-state index contributed by atoms with van der Waals surface area (Å²) in [5.41, 5.74) is 2.90. The minimum atomic E-state index is -0.370. The summed E-state index contributed by atoms with van der Waals surface area (Å²) in [6.07, 6.45) is 4.78. The van der Waals surface area contributed by atoms with E-state index in [1.807, 2.05) is 91.0 Å². The highest BCUT2D eigenvalue weighted by Gasteiger charge is 2.12. The Morgan fingerprint density at radius 3 is 1.90 bits per heavy atom. The standard InChI is InChI=1S/C25H22N2O2/c28-24(17-16-20-10-4-1-5-11-20)27-23(18-21-12-6-2-7-13-21)25(29)26-19-22-14-8-3-9-15-22/h1-18H,19H2,(H,26,29)(H,27,28). The van der Waals surface area contributed by atoms with Crippen LogP contribution in [0.2, 0.25) is 0 Å². The van der Waals surface area contributed by atoms with Gasteiger partial charge in [-0.2, -0.15) is 0 Å². The van der Waals surface area contributed by atoms with Crippen molar-refractivity contribution in [2.24, 2.45) is 0 Å². The average molecular weight is 382 g/mol. The number of hydrogen-bond acceptors (Lipinski definition) is 2. The Labute approximate surface area is 170 Å². The molecule has 4 nitrogen and oxygen atoms in total. The average Bonchev–Trinajstić information content (AvgIpc) is 2.78. The SMILES string of the molecule is O=C(C=Cc1ccccc1)NC(=Cc1ccccc1)C(=O)NCc1ccccc1. The largest absolute Gasteiger partial charge is 0.347 e. The molecule has 0 heterocycles. The van der Waals surface area contributed by atoms with E-state index in [4.69, 9.17) is 0 Å². The molecule has 0 aliphatic carbocycles. The lowest BCUT2D eigenvalue weighted by Gasteiger charge is -2.10. The van der Waals surface area contributed by atoms with Crippen LogP contribution in [-0.2, 0) is 16.1 Å². The molecule has 0 bridgehead atoms. The highest BCUT2D eigenvalue weighted by atomic mass is 16.2. The number of carbonyl (C=O) groups excluding carboxylic acids is 2. The van der Waals surface area contributed by atoms with E-state index in [2.05, 4.69) is 10.6 Å². The van der Waals surface area contributed by atoms with Gasteiger partial charge in [-0.15, -0.1) is 0 Å². The van der Waals surface area contributed by atoms with Crippen LogP contribution >= 0.6 is 0 Å². The first kappa shape index (κ1) is 19.8. The van der Waals surface area contributed by atoms with Gasteiger partial charge in [0, 0.05) is 12.6 Å². The zero-order valence-corrected chi connectivity index (χ0v) is 15.9. The number of carbonyl (C=O) groups is 2. The molecule has 3 aromatic carbocycles. The molecule has 3 aromatic rings. The fourth-order valence-electron chi connectivity index (χ4n) is 2.66. The number of nitrogens with one attached hydrogen (secondary N) is 2. The third-order valence-electron chi connectivity index (χ3n) is 4.14. The third-order valence-corrected chi connectivity index (χ3v) is 4.14. The van der Waals surface area contributed by atoms with E-state index in [0.717, 1.165) is 16.7 Å². The summed E-state index contributed by atoms with van der Waals surface area (Å²) < 4.78 is 0. The van der Waals surface area contributed by atoms with Crippen molar-refractivity contribution in [3.05, 3.63) is 119 Å². The zero-order valence-electron chi connectivity index (χ0n) is 15.9. The maximum absolute atomic E-state index is 12.7. The zero-order chi connectivity index (χ0) is 20.3. The van der Waals surface area contributed by atoms with Crippen LogP contribution in [0.3, 0.4) is 0 Å². The summed E-state index contributed by atoms with van der Waals surface area (Å²) >= 11 is 0. The molecular formula is C25H22N2O2. The summed E-state index contributed by atoms with van der Waals surface area (Å²) in [5, 5.41) is 5.55. The smallest absolute Gasteiger partial charge is 0.268 e. The first-order valence-corrected chi connectivity index (χ1v) is 9.34. The number of rotatable bonds is 7. The number of hydrogen-bond donors (Lipinski definition) is 2. The molecule has 0 aromatic heterocycles. The van der Waals surface area contributed by atoms with Crippen molar-refractivity contribution in [1.82, 2.24) is 10.6 Å². The Kier molecular flexibility index (Phi) is 7.13. The fourth-order valence-corrected chi connectivity index (χ4v) is 2.66.